The Morgan fingerprint density at radius 3 is 2.56 bits per heavy atom. The topological polar surface area (TPSA) is 24.5 Å². The predicted octanol–water partition coefficient (Wildman–Crippen LogP) is 2.76. The van der Waals surface area contributed by atoms with Crippen LogP contribution in [-0.4, -0.2) is 44.7 Å². The highest BCUT2D eigenvalue weighted by atomic mass is 79.9. The molecule has 1 aromatic carbocycles. The third-order valence-electron chi connectivity index (χ3n) is 2.69. The molecule has 1 unspecified atom stereocenters. The first-order valence-electron chi connectivity index (χ1n) is 6.34. The molecule has 0 saturated carbocycles. The molecule has 0 radical (unpaired) electrons. The van der Waals surface area contributed by atoms with Crippen LogP contribution < -0.4 is 10.1 Å². The summed E-state index contributed by atoms with van der Waals surface area (Å²) in [6, 6.07) is 8.45. The molecule has 0 amide bonds. The van der Waals surface area contributed by atoms with Crippen LogP contribution >= 0.6 is 15.9 Å². The van der Waals surface area contributed by atoms with Crippen molar-refractivity contribution in [2.75, 3.05) is 33.8 Å². The summed E-state index contributed by atoms with van der Waals surface area (Å²) in [5, 5.41) is 3.46. The van der Waals surface area contributed by atoms with Crippen LogP contribution in [0.15, 0.2) is 28.7 Å². The van der Waals surface area contributed by atoms with Crippen LogP contribution in [-0.2, 0) is 0 Å². The van der Waals surface area contributed by atoms with Gasteiger partial charge in [0.2, 0.25) is 0 Å². The molecule has 102 valence electrons. The first kappa shape index (κ1) is 15.5. The van der Waals surface area contributed by atoms with Gasteiger partial charge in [-0.25, -0.2) is 0 Å². The average molecular weight is 315 g/mol. The number of nitrogens with one attached hydrogen (secondary N) is 1. The third kappa shape index (κ3) is 6.99. The number of nitrogens with zero attached hydrogens (tertiary/aromatic N) is 1. The molecule has 0 saturated heterocycles. The van der Waals surface area contributed by atoms with Crippen LogP contribution in [0.5, 0.6) is 5.75 Å². The molecule has 1 N–H and O–H groups in total. The van der Waals surface area contributed by atoms with E-state index < -0.39 is 0 Å². The Labute approximate surface area is 119 Å². The van der Waals surface area contributed by atoms with Gasteiger partial charge in [-0.05, 0) is 58.3 Å². The Morgan fingerprint density at radius 2 is 1.94 bits per heavy atom. The minimum absolute atomic E-state index is 0.529. The second-order valence-corrected chi connectivity index (χ2v) is 5.67. The molecular weight excluding hydrogens is 292 g/mol. The van der Waals surface area contributed by atoms with Crippen LogP contribution in [0.2, 0.25) is 0 Å². The molecule has 4 heteroatoms. The molecule has 0 aliphatic heterocycles. The fraction of sp³-hybridized carbons (Fsp3) is 0.571. The average Bonchev–Trinajstić information content (AvgIpc) is 2.34. The lowest BCUT2D eigenvalue weighted by molar-refractivity contribution is 0.298. The van der Waals surface area contributed by atoms with E-state index >= 15 is 0 Å². The molecule has 1 atom stereocenters. The summed E-state index contributed by atoms with van der Waals surface area (Å²) in [7, 11) is 4.20. The van der Waals surface area contributed by atoms with Gasteiger partial charge in [-0.1, -0.05) is 15.9 Å². The summed E-state index contributed by atoms with van der Waals surface area (Å²) in [4.78, 5) is 2.20. The Bertz CT molecular complexity index is 327. The van der Waals surface area contributed by atoms with E-state index in [0.717, 1.165) is 29.7 Å². The second-order valence-electron chi connectivity index (χ2n) is 4.75. The molecule has 0 aliphatic carbocycles. The minimum atomic E-state index is 0.529. The van der Waals surface area contributed by atoms with Crippen LogP contribution in [0.1, 0.15) is 13.3 Å². The number of benzene rings is 1. The van der Waals surface area contributed by atoms with E-state index in [4.69, 9.17) is 4.74 Å². The number of halogens is 1. The molecule has 3 nitrogen and oxygen atoms in total. The van der Waals surface area contributed by atoms with Crippen LogP contribution in [0, 0.1) is 0 Å². The Hall–Kier alpha value is -0.580. The van der Waals surface area contributed by atoms with Gasteiger partial charge in [-0.2, -0.15) is 0 Å². The zero-order valence-corrected chi connectivity index (χ0v) is 13.0. The van der Waals surface area contributed by atoms with Gasteiger partial charge in [-0.3, -0.25) is 0 Å². The van der Waals surface area contributed by atoms with Crippen molar-refractivity contribution in [3.63, 3.8) is 0 Å². The maximum absolute atomic E-state index is 5.64. The minimum Gasteiger partial charge on any atom is -0.492 e. The number of ether oxygens (including phenoxy) is 1. The molecular formula is C14H23BrN2O. The standard InChI is InChI=1S/C14H23BrN2O/c1-12(8-10-17(2)3)16-9-11-18-14-6-4-13(15)5-7-14/h4-7,12,16H,8-11H2,1-3H3. The largest absolute Gasteiger partial charge is 0.492 e. The molecule has 1 aromatic rings. The molecule has 0 bridgehead atoms. The summed E-state index contributed by atoms with van der Waals surface area (Å²) in [6.45, 7) is 4.91. The van der Waals surface area contributed by atoms with Gasteiger partial charge in [0.05, 0.1) is 0 Å². The third-order valence-corrected chi connectivity index (χ3v) is 3.22. The molecule has 0 spiro atoms. The fourth-order valence-corrected chi connectivity index (χ4v) is 1.82. The summed E-state index contributed by atoms with van der Waals surface area (Å²) in [6.07, 6.45) is 1.16. The quantitative estimate of drug-likeness (QED) is 0.747. The molecule has 0 fully saturated rings. The van der Waals surface area contributed by atoms with Crippen molar-refractivity contribution in [3.8, 4) is 5.75 Å². The van der Waals surface area contributed by atoms with Crippen LogP contribution in [0.25, 0.3) is 0 Å². The van der Waals surface area contributed by atoms with E-state index in [1.165, 1.54) is 0 Å². The fourth-order valence-electron chi connectivity index (χ4n) is 1.56. The zero-order chi connectivity index (χ0) is 13.4. The zero-order valence-electron chi connectivity index (χ0n) is 11.4. The van der Waals surface area contributed by atoms with Gasteiger partial charge in [-0.15, -0.1) is 0 Å². The second kappa shape index (κ2) is 8.51. The highest BCUT2D eigenvalue weighted by Crippen LogP contribution is 2.15. The van der Waals surface area contributed by atoms with Crippen molar-refractivity contribution in [2.45, 2.75) is 19.4 Å². The molecule has 0 aliphatic rings. The van der Waals surface area contributed by atoms with Crippen LogP contribution in [0.4, 0.5) is 0 Å². The van der Waals surface area contributed by atoms with Crippen molar-refractivity contribution in [1.82, 2.24) is 10.2 Å². The maximum atomic E-state index is 5.64. The normalized spacial score (nSPS) is 12.7. The van der Waals surface area contributed by atoms with Gasteiger partial charge in [0.1, 0.15) is 12.4 Å². The van der Waals surface area contributed by atoms with E-state index in [9.17, 15) is 0 Å². The molecule has 1 rings (SSSR count). The summed E-state index contributed by atoms with van der Waals surface area (Å²) in [5.74, 6) is 0.918. The predicted molar refractivity (Wildman–Crippen MR) is 80.3 cm³/mol. The van der Waals surface area contributed by atoms with Crippen molar-refractivity contribution < 1.29 is 4.74 Å². The van der Waals surface area contributed by atoms with Crippen LogP contribution in [0.3, 0.4) is 0 Å². The Balaban J connectivity index is 2.09. The number of hydrogen-bond donors (Lipinski definition) is 1. The first-order chi connectivity index (χ1) is 8.58. The van der Waals surface area contributed by atoms with E-state index in [2.05, 4.69) is 47.2 Å². The van der Waals surface area contributed by atoms with Gasteiger partial charge in [0.15, 0.2) is 0 Å². The van der Waals surface area contributed by atoms with E-state index in [1.807, 2.05) is 24.3 Å². The number of rotatable bonds is 8. The summed E-state index contributed by atoms with van der Waals surface area (Å²) in [5.41, 5.74) is 0. The molecule has 0 heterocycles. The highest BCUT2D eigenvalue weighted by molar-refractivity contribution is 9.10. The lowest BCUT2D eigenvalue weighted by atomic mass is 10.2. The first-order valence-corrected chi connectivity index (χ1v) is 7.13. The SMILES string of the molecule is CC(CCN(C)C)NCCOc1ccc(Br)cc1. The maximum Gasteiger partial charge on any atom is 0.119 e. The Kier molecular flexibility index (Phi) is 7.32. The lowest BCUT2D eigenvalue weighted by Gasteiger charge is -2.16. The van der Waals surface area contributed by atoms with E-state index in [-0.39, 0.29) is 0 Å². The van der Waals surface area contributed by atoms with Gasteiger partial charge in [0, 0.05) is 17.1 Å². The Morgan fingerprint density at radius 1 is 1.28 bits per heavy atom. The van der Waals surface area contributed by atoms with Crippen molar-refractivity contribution >= 4 is 15.9 Å². The molecule has 18 heavy (non-hydrogen) atoms. The summed E-state index contributed by atoms with van der Waals surface area (Å²) >= 11 is 3.40. The number of hydrogen-bond acceptors (Lipinski definition) is 3. The van der Waals surface area contributed by atoms with Crippen molar-refractivity contribution in [1.29, 1.82) is 0 Å². The van der Waals surface area contributed by atoms with Crippen molar-refractivity contribution in [3.05, 3.63) is 28.7 Å². The van der Waals surface area contributed by atoms with Gasteiger partial charge < -0.3 is 15.0 Å². The monoisotopic (exact) mass is 314 g/mol. The van der Waals surface area contributed by atoms with E-state index in [0.29, 0.717) is 12.6 Å². The van der Waals surface area contributed by atoms with Gasteiger partial charge >= 0.3 is 0 Å². The smallest absolute Gasteiger partial charge is 0.119 e. The lowest BCUT2D eigenvalue weighted by Crippen LogP contribution is -2.32. The molecule has 0 aromatic heterocycles. The van der Waals surface area contributed by atoms with Crippen molar-refractivity contribution in [2.24, 2.45) is 0 Å². The summed E-state index contributed by atoms with van der Waals surface area (Å²) < 4.78 is 6.72. The van der Waals surface area contributed by atoms with Gasteiger partial charge in [0.25, 0.3) is 0 Å². The van der Waals surface area contributed by atoms with E-state index in [1.54, 1.807) is 0 Å². The highest BCUT2D eigenvalue weighted by Gasteiger charge is 2.01.